The second-order valence-corrected chi connectivity index (χ2v) is 8.30. The molecular formula is C20H19N3O4S. The van der Waals surface area contributed by atoms with Crippen LogP contribution < -0.4 is 9.47 Å². The second kappa shape index (κ2) is 6.94. The number of benzene rings is 1. The van der Waals surface area contributed by atoms with Crippen molar-refractivity contribution >= 4 is 17.2 Å². The van der Waals surface area contributed by atoms with Gasteiger partial charge in [0.25, 0.3) is 5.91 Å². The van der Waals surface area contributed by atoms with E-state index in [4.69, 9.17) is 13.9 Å². The zero-order valence-electron chi connectivity index (χ0n) is 15.4. The van der Waals surface area contributed by atoms with Crippen LogP contribution in [0.1, 0.15) is 39.2 Å². The van der Waals surface area contributed by atoms with Crippen LogP contribution in [0.2, 0.25) is 0 Å². The number of piperidine rings is 1. The Morgan fingerprint density at radius 3 is 2.93 bits per heavy atom. The van der Waals surface area contributed by atoms with Crippen molar-refractivity contribution in [2.75, 3.05) is 19.9 Å². The third kappa shape index (κ3) is 3.13. The van der Waals surface area contributed by atoms with Gasteiger partial charge in [-0.15, -0.1) is 21.5 Å². The number of hydrogen-bond donors (Lipinski definition) is 0. The maximum atomic E-state index is 12.8. The summed E-state index contributed by atoms with van der Waals surface area (Å²) in [7, 11) is 0. The summed E-state index contributed by atoms with van der Waals surface area (Å²) in [5.74, 6) is 2.55. The quantitative estimate of drug-likeness (QED) is 0.668. The van der Waals surface area contributed by atoms with Crippen molar-refractivity contribution in [3.63, 3.8) is 0 Å². The van der Waals surface area contributed by atoms with Crippen molar-refractivity contribution in [2.45, 2.75) is 25.7 Å². The minimum Gasteiger partial charge on any atom is -0.454 e. The van der Waals surface area contributed by atoms with Crippen LogP contribution in [0.25, 0.3) is 11.5 Å². The molecule has 2 aliphatic heterocycles. The summed E-state index contributed by atoms with van der Waals surface area (Å²) in [5, 5.41) is 8.46. The number of rotatable bonds is 3. The fourth-order valence-corrected chi connectivity index (χ4v) is 4.45. The van der Waals surface area contributed by atoms with Gasteiger partial charge in [-0.25, -0.2) is 0 Å². The van der Waals surface area contributed by atoms with Gasteiger partial charge in [0.1, 0.15) is 0 Å². The average molecular weight is 397 g/mol. The maximum Gasteiger partial charge on any atom is 0.263 e. The van der Waals surface area contributed by atoms with E-state index in [1.807, 2.05) is 42.2 Å². The molecule has 3 aromatic rings. The zero-order chi connectivity index (χ0) is 19.1. The molecule has 1 atom stereocenters. The Kier molecular flexibility index (Phi) is 4.27. The highest BCUT2D eigenvalue weighted by atomic mass is 32.1. The Balaban J connectivity index is 1.33. The molecular weight excluding hydrogens is 378 g/mol. The van der Waals surface area contributed by atoms with E-state index < -0.39 is 0 Å². The number of nitrogens with zero attached hydrogens (tertiary/aromatic N) is 3. The summed E-state index contributed by atoms with van der Waals surface area (Å²) >= 11 is 1.53. The zero-order valence-corrected chi connectivity index (χ0v) is 16.2. The average Bonchev–Trinajstić information content (AvgIpc) is 3.47. The highest BCUT2D eigenvalue weighted by molar-refractivity contribution is 7.13. The van der Waals surface area contributed by atoms with E-state index >= 15 is 0 Å². The summed E-state index contributed by atoms with van der Waals surface area (Å²) in [5.41, 5.74) is 0.792. The first-order chi connectivity index (χ1) is 13.7. The number of carbonyl (C=O) groups is 1. The molecule has 0 aliphatic carbocycles. The number of ether oxygens (including phenoxy) is 2. The minimum absolute atomic E-state index is 0.0500. The van der Waals surface area contributed by atoms with Crippen LogP contribution >= 0.6 is 11.3 Å². The van der Waals surface area contributed by atoms with Crippen LogP contribution in [-0.2, 0) is 0 Å². The number of carbonyl (C=O) groups excluding carboxylic acids is 1. The molecule has 0 bridgehead atoms. The van der Waals surface area contributed by atoms with Gasteiger partial charge in [-0.3, -0.25) is 4.79 Å². The van der Waals surface area contributed by atoms with Crippen molar-refractivity contribution in [2.24, 2.45) is 0 Å². The topological polar surface area (TPSA) is 77.7 Å². The minimum atomic E-state index is 0.0500. The van der Waals surface area contributed by atoms with Gasteiger partial charge < -0.3 is 18.8 Å². The third-order valence-electron chi connectivity index (χ3n) is 5.07. The molecule has 4 heterocycles. The SMILES string of the molecule is Cc1ccc(C(=O)N2CCCC(c3nnc(-c4ccc5c(c4)OCO5)o3)C2)s1. The van der Waals surface area contributed by atoms with Gasteiger partial charge >= 0.3 is 0 Å². The monoisotopic (exact) mass is 397 g/mol. The lowest BCUT2D eigenvalue weighted by molar-refractivity contribution is 0.0703. The molecule has 0 N–H and O–H groups in total. The molecule has 1 aromatic carbocycles. The van der Waals surface area contributed by atoms with E-state index in [1.54, 1.807) is 0 Å². The predicted octanol–water partition coefficient (Wildman–Crippen LogP) is 3.86. The van der Waals surface area contributed by atoms with Crippen molar-refractivity contribution in [1.29, 1.82) is 0 Å². The van der Waals surface area contributed by atoms with Crippen LogP contribution in [0.4, 0.5) is 0 Å². The van der Waals surface area contributed by atoms with Gasteiger partial charge in [0.15, 0.2) is 11.5 Å². The Bertz CT molecular complexity index is 1030. The number of likely N-dealkylation sites (tertiary alicyclic amines) is 1. The number of aromatic nitrogens is 2. The lowest BCUT2D eigenvalue weighted by atomic mass is 9.98. The van der Waals surface area contributed by atoms with Gasteiger partial charge in [0.2, 0.25) is 18.6 Å². The molecule has 5 rings (SSSR count). The summed E-state index contributed by atoms with van der Waals surface area (Å²) in [6, 6.07) is 9.44. The van der Waals surface area contributed by atoms with Crippen molar-refractivity contribution in [3.8, 4) is 23.0 Å². The number of thiophene rings is 1. The Morgan fingerprint density at radius 2 is 2.07 bits per heavy atom. The predicted molar refractivity (Wildman–Crippen MR) is 103 cm³/mol. The fraction of sp³-hybridized carbons (Fsp3) is 0.350. The van der Waals surface area contributed by atoms with Crippen LogP contribution in [0.3, 0.4) is 0 Å². The van der Waals surface area contributed by atoms with Gasteiger partial charge in [0.05, 0.1) is 10.8 Å². The van der Waals surface area contributed by atoms with E-state index in [0.29, 0.717) is 29.8 Å². The molecule has 0 radical (unpaired) electrons. The van der Waals surface area contributed by atoms with E-state index in [2.05, 4.69) is 10.2 Å². The van der Waals surface area contributed by atoms with Crippen LogP contribution in [0.15, 0.2) is 34.7 Å². The molecule has 2 aliphatic rings. The normalized spacial score (nSPS) is 18.5. The molecule has 1 amide bonds. The van der Waals surface area contributed by atoms with Gasteiger partial charge in [-0.05, 0) is 50.1 Å². The van der Waals surface area contributed by atoms with Crippen LogP contribution in [0.5, 0.6) is 11.5 Å². The smallest absolute Gasteiger partial charge is 0.263 e. The van der Waals surface area contributed by atoms with Gasteiger partial charge in [-0.1, -0.05) is 0 Å². The lowest BCUT2D eigenvalue weighted by Crippen LogP contribution is -2.38. The summed E-state index contributed by atoms with van der Waals surface area (Å²) in [4.78, 5) is 16.6. The first-order valence-electron chi connectivity index (χ1n) is 9.26. The first kappa shape index (κ1) is 17.2. The first-order valence-corrected chi connectivity index (χ1v) is 10.1. The fourth-order valence-electron chi connectivity index (χ4n) is 3.61. The third-order valence-corrected chi connectivity index (χ3v) is 6.06. The molecule has 2 aromatic heterocycles. The molecule has 1 saturated heterocycles. The molecule has 1 unspecified atom stereocenters. The summed E-state index contributed by atoms with van der Waals surface area (Å²) < 4.78 is 16.7. The molecule has 144 valence electrons. The van der Waals surface area contributed by atoms with E-state index in [0.717, 1.165) is 34.7 Å². The number of hydrogen-bond acceptors (Lipinski definition) is 7. The van der Waals surface area contributed by atoms with Crippen molar-refractivity contribution in [1.82, 2.24) is 15.1 Å². The Hall–Kier alpha value is -2.87. The van der Waals surface area contributed by atoms with Crippen molar-refractivity contribution < 1.29 is 18.7 Å². The maximum absolute atomic E-state index is 12.8. The molecule has 7 nitrogen and oxygen atoms in total. The number of aryl methyl sites for hydroxylation is 1. The van der Waals surface area contributed by atoms with Crippen LogP contribution in [-0.4, -0.2) is 40.9 Å². The second-order valence-electron chi connectivity index (χ2n) is 7.01. The Labute approximate surface area is 165 Å². The summed E-state index contributed by atoms with van der Waals surface area (Å²) in [6.07, 6.45) is 1.85. The van der Waals surface area contributed by atoms with Gasteiger partial charge in [-0.2, -0.15) is 0 Å². The standard InChI is InChI=1S/C20H19N3O4S/c1-12-4-7-17(28-12)20(24)23-8-2-3-14(10-23)19-22-21-18(27-19)13-5-6-15-16(9-13)26-11-25-15/h4-7,9,14H,2-3,8,10-11H2,1H3. The van der Waals surface area contributed by atoms with E-state index in [9.17, 15) is 4.79 Å². The highest BCUT2D eigenvalue weighted by Gasteiger charge is 2.29. The molecule has 8 heteroatoms. The molecule has 0 spiro atoms. The number of fused-ring (bicyclic) bond motifs is 1. The van der Waals surface area contributed by atoms with E-state index in [1.165, 1.54) is 11.3 Å². The summed E-state index contributed by atoms with van der Waals surface area (Å²) in [6.45, 7) is 3.59. The van der Waals surface area contributed by atoms with Crippen LogP contribution in [0, 0.1) is 6.92 Å². The highest BCUT2D eigenvalue weighted by Crippen LogP contribution is 2.36. The molecule has 0 saturated carbocycles. The Morgan fingerprint density at radius 1 is 1.18 bits per heavy atom. The molecule has 28 heavy (non-hydrogen) atoms. The molecule has 1 fully saturated rings. The number of amides is 1. The van der Waals surface area contributed by atoms with E-state index in [-0.39, 0.29) is 18.6 Å². The largest absolute Gasteiger partial charge is 0.454 e. The lowest BCUT2D eigenvalue weighted by Gasteiger charge is -2.30. The van der Waals surface area contributed by atoms with Crippen molar-refractivity contribution in [3.05, 3.63) is 46.0 Å². The van der Waals surface area contributed by atoms with Gasteiger partial charge in [0, 0.05) is 23.5 Å².